The highest BCUT2D eigenvalue weighted by Crippen LogP contribution is 2.43. The van der Waals surface area contributed by atoms with Gasteiger partial charge in [-0.1, -0.05) is 15.9 Å². The minimum atomic E-state index is -4.18. The van der Waals surface area contributed by atoms with Crippen molar-refractivity contribution in [3.63, 3.8) is 0 Å². The molecule has 0 bridgehead atoms. The van der Waals surface area contributed by atoms with Gasteiger partial charge in [0.05, 0.1) is 0 Å². The van der Waals surface area contributed by atoms with E-state index in [2.05, 4.69) is 15.9 Å². The molecule has 0 saturated heterocycles. The molecule has 0 aliphatic rings. The molecule has 0 unspecified atom stereocenters. The van der Waals surface area contributed by atoms with Crippen LogP contribution in [0.4, 0.5) is 13.2 Å². The van der Waals surface area contributed by atoms with Crippen LogP contribution in [0, 0.1) is 0 Å². The molecule has 6 heteroatoms. The molecular formula is C7H4BrF3S2. The lowest BCUT2D eigenvalue weighted by atomic mass is 10.4. The van der Waals surface area contributed by atoms with Gasteiger partial charge in [-0.3, -0.25) is 0 Å². The van der Waals surface area contributed by atoms with E-state index in [9.17, 15) is 13.2 Å². The minimum Gasteiger partial charge on any atom is -0.160 e. The number of benzene rings is 1. The number of halogens is 4. The highest BCUT2D eigenvalue weighted by Gasteiger charge is 2.28. The lowest BCUT2D eigenvalue weighted by molar-refractivity contribution is -0.0311. The van der Waals surface area contributed by atoms with Crippen LogP contribution in [0.5, 0.6) is 0 Å². The number of rotatable bonds is 2. The summed E-state index contributed by atoms with van der Waals surface area (Å²) in [5.74, 6) is 0. The molecule has 1 aromatic rings. The summed E-state index contributed by atoms with van der Waals surface area (Å²) < 4.78 is 36.1. The number of hydrogen-bond acceptors (Lipinski definition) is 2. The second-order valence-electron chi connectivity index (χ2n) is 2.07. The molecule has 0 radical (unpaired) electrons. The van der Waals surface area contributed by atoms with Crippen LogP contribution in [0.2, 0.25) is 0 Å². The van der Waals surface area contributed by atoms with Gasteiger partial charge >= 0.3 is 5.51 Å². The Morgan fingerprint density at radius 2 is 1.62 bits per heavy atom. The van der Waals surface area contributed by atoms with Gasteiger partial charge in [0, 0.05) is 20.2 Å². The second-order valence-corrected chi connectivity index (χ2v) is 5.25. The summed E-state index contributed by atoms with van der Waals surface area (Å²) in [5, 5.41) is 0. The highest BCUT2D eigenvalue weighted by atomic mass is 79.9. The summed E-state index contributed by atoms with van der Waals surface area (Å²) in [6, 6.07) is 6.68. The van der Waals surface area contributed by atoms with Gasteiger partial charge in [-0.15, -0.1) is 0 Å². The monoisotopic (exact) mass is 288 g/mol. The molecule has 1 rings (SSSR count). The third kappa shape index (κ3) is 4.83. The number of alkyl halides is 3. The standard InChI is InChI=1S/C7H4BrF3S2/c8-5-1-3-6(4-2-5)12-13-7(9,10)11/h1-4H. The minimum absolute atomic E-state index is 0.106. The van der Waals surface area contributed by atoms with Crippen LogP contribution in [0.1, 0.15) is 0 Å². The van der Waals surface area contributed by atoms with Crippen LogP contribution in [-0.2, 0) is 0 Å². The zero-order valence-electron chi connectivity index (χ0n) is 6.14. The predicted octanol–water partition coefficient (Wildman–Crippen LogP) is 4.71. The Kier molecular flexibility index (Phi) is 4.00. The van der Waals surface area contributed by atoms with Crippen molar-refractivity contribution in [3.8, 4) is 0 Å². The molecule has 0 aliphatic carbocycles. The molecule has 0 atom stereocenters. The van der Waals surface area contributed by atoms with Crippen molar-refractivity contribution in [2.24, 2.45) is 0 Å². The molecule has 0 amide bonds. The topological polar surface area (TPSA) is 0 Å². The van der Waals surface area contributed by atoms with Crippen LogP contribution in [0.15, 0.2) is 33.6 Å². The maximum absolute atomic E-state index is 11.8. The van der Waals surface area contributed by atoms with Crippen molar-refractivity contribution in [2.75, 3.05) is 0 Å². The van der Waals surface area contributed by atoms with Gasteiger partial charge in [0.2, 0.25) is 0 Å². The van der Waals surface area contributed by atoms with Crippen LogP contribution in [0.25, 0.3) is 0 Å². The molecule has 0 aromatic heterocycles. The van der Waals surface area contributed by atoms with Crippen LogP contribution in [-0.4, -0.2) is 5.51 Å². The fourth-order valence-corrected chi connectivity index (χ4v) is 2.19. The van der Waals surface area contributed by atoms with Gasteiger partial charge in [-0.2, -0.15) is 13.2 Å². The molecule has 72 valence electrons. The summed E-state index contributed by atoms with van der Waals surface area (Å²) >= 11 is 3.20. The quantitative estimate of drug-likeness (QED) is 0.723. The first-order valence-electron chi connectivity index (χ1n) is 3.15. The molecule has 1 aromatic carbocycles. The summed E-state index contributed by atoms with van der Waals surface area (Å²) in [5.41, 5.74) is -4.18. The van der Waals surface area contributed by atoms with Crippen molar-refractivity contribution in [1.82, 2.24) is 0 Å². The van der Waals surface area contributed by atoms with Gasteiger partial charge in [0.1, 0.15) is 0 Å². The van der Waals surface area contributed by atoms with Gasteiger partial charge < -0.3 is 0 Å². The Hall–Kier alpha value is 0.190. The van der Waals surface area contributed by atoms with Crippen molar-refractivity contribution >= 4 is 37.5 Å². The lowest BCUT2D eigenvalue weighted by Crippen LogP contribution is -1.95. The SMILES string of the molecule is FC(F)(F)SSc1ccc(Br)cc1. The van der Waals surface area contributed by atoms with E-state index in [-0.39, 0.29) is 10.8 Å². The molecule has 0 N–H and O–H groups in total. The van der Waals surface area contributed by atoms with Crippen molar-refractivity contribution in [1.29, 1.82) is 0 Å². The maximum Gasteiger partial charge on any atom is 0.452 e. The first-order valence-corrected chi connectivity index (χ1v) is 6.10. The molecule has 0 aliphatic heterocycles. The largest absolute Gasteiger partial charge is 0.452 e. The Labute approximate surface area is 89.8 Å². The Bertz CT molecular complexity index is 270. The van der Waals surface area contributed by atoms with E-state index in [4.69, 9.17) is 0 Å². The lowest BCUT2D eigenvalue weighted by Gasteiger charge is -2.03. The summed E-state index contributed by atoms with van der Waals surface area (Å²) in [7, 11) is 0.601. The first-order chi connectivity index (χ1) is 5.97. The molecule has 0 nitrogen and oxygen atoms in total. The van der Waals surface area contributed by atoms with Crippen molar-refractivity contribution in [2.45, 2.75) is 10.4 Å². The van der Waals surface area contributed by atoms with E-state index >= 15 is 0 Å². The van der Waals surface area contributed by atoms with Gasteiger partial charge in [-0.25, -0.2) is 0 Å². The molecule has 13 heavy (non-hydrogen) atoms. The third-order valence-electron chi connectivity index (χ3n) is 1.05. The maximum atomic E-state index is 11.8. The number of hydrogen-bond donors (Lipinski definition) is 0. The van der Waals surface area contributed by atoms with Crippen LogP contribution < -0.4 is 0 Å². The molecule has 0 spiro atoms. The van der Waals surface area contributed by atoms with Crippen LogP contribution in [0.3, 0.4) is 0 Å². The van der Waals surface area contributed by atoms with Crippen molar-refractivity contribution in [3.05, 3.63) is 28.7 Å². The molecule has 0 fully saturated rings. The molecular weight excluding hydrogens is 285 g/mol. The fraction of sp³-hybridized carbons (Fsp3) is 0.143. The highest BCUT2D eigenvalue weighted by molar-refractivity contribution is 9.10. The average Bonchev–Trinajstić information content (AvgIpc) is 2.02. The van der Waals surface area contributed by atoms with E-state index < -0.39 is 5.51 Å². The summed E-state index contributed by atoms with van der Waals surface area (Å²) in [4.78, 5) is 0.588. The first kappa shape index (κ1) is 11.3. The van der Waals surface area contributed by atoms with E-state index in [1.165, 1.54) is 0 Å². The van der Waals surface area contributed by atoms with E-state index in [1.54, 1.807) is 24.3 Å². The normalized spacial score (nSPS) is 11.7. The molecule has 0 heterocycles. The second kappa shape index (κ2) is 4.61. The zero-order chi connectivity index (χ0) is 9.90. The summed E-state index contributed by atoms with van der Waals surface area (Å²) in [6.45, 7) is 0. The van der Waals surface area contributed by atoms with Gasteiger partial charge in [-0.05, 0) is 35.1 Å². The average molecular weight is 289 g/mol. The Morgan fingerprint density at radius 3 is 2.08 bits per heavy atom. The molecule has 0 saturated carbocycles. The van der Waals surface area contributed by atoms with E-state index in [0.29, 0.717) is 15.7 Å². The van der Waals surface area contributed by atoms with E-state index in [1.807, 2.05) is 0 Å². The van der Waals surface area contributed by atoms with Crippen LogP contribution >= 0.6 is 37.5 Å². The van der Waals surface area contributed by atoms with Crippen molar-refractivity contribution < 1.29 is 13.2 Å². The van der Waals surface area contributed by atoms with Gasteiger partial charge in [0.15, 0.2) is 0 Å². The summed E-state index contributed by atoms with van der Waals surface area (Å²) in [6.07, 6.45) is 0. The smallest absolute Gasteiger partial charge is 0.160 e. The van der Waals surface area contributed by atoms with Gasteiger partial charge in [0.25, 0.3) is 0 Å². The third-order valence-corrected chi connectivity index (χ3v) is 3.71. The Balaban J connectivity index is 2.51. The predicted molar refractivity (Wildman–Crippen MR) is 53.6 cm³/mol. The Morgan fingerprint density at radius 1 is 1.08 bits per heavy atom. The zero-order valence-corrected chi connectivity index (χ0v) is 9.36. The van der Waals surface area contributed by atoms with E-state index in [0.717, 1.165) is 4.47 Å². The fourth-order valence-electron chi connectivity index (χ4n) is 0.586.